The highest BCUT2D eigenvalue weighted by Gasteiger charge is 2.31. The minimum absolute atomic E-state index is 0.0839. The van der Waals surface area contributed by atoms with Gasteiger partial charge < -0.3 is 4.74 Å². The Balaban J connectivity index is 3.03. The van der Waals surface area contributed by atoms with Crippen LogP contribution in [0.15, 0.2) is 18.2 Å². The zero-order valence-corrected chi connectivity index (χ0v) is 10.6. The molecular weight excluding hydrogens is 241 g/mol. The molecule has 0 heterocycles. The number of rotatable bonds is 3. The van der Waals surface area contributed by atoms with Gasteiger partial charge in [-0.3, -0.25) is 0 Å². The van der Waals surface area contributed by atoms with Crippen molar-refractivity contribution >= 4 is 0 Å². The van der Waals surface area contributed by atoms with E-state index in [-0.39, 0.29) is 11.7 Å². The lowest BCUT2D eigenvalue weighted by molar-refractivity contribution is -0.137. The summed E-state index contributed by atoms with van der Waals surface area (Å²) < 4.78 is 42.6. The maximum atomic E-state index is 12.5. The first-order valence-electron chi connectivity index (χ1n) is 5.55. The van der Waals surface area contributed by atoms with E-state index in [0.717, 1.165) is 17.7 Å². The summed E-state index contributed by atoms with van der Waals surface area (Å²) in [5.74, 6) is 6.10. The van der Waals surface area contributed by atoms with Gasteiger partial charge in [-0.25, -0.2) is 0 Å². The first-order chi connectivity index (χ1) is 8.38. The van der Waals surface area contributed by atoms with E-state index in [1.807, 2.05) is 6.92 Å². The van der Waals surface area contributed by atoms with Gasteiger partial charge in [0.1, 0.15) is 5.75 Å². The van der Waals surface area contributed by atoms with Gasteiger partial charge in [-0.2, -0.15) is 13.2 Å². The van der Waals surface area contributed by atoms with Crippen molar-refractivity contribution in [3.63, 3.8) is 0 Å². The van der Waals surface area contributed by atoms with Gasteiger partial charge in [0.25, 0.3) is 0 Å². The topological polar surface area (TPSA) is 9.23 Å². The third kappa shape index (κ3) is 3.69. The number of alkyl halides is 3. The Morgan fingerprint density at radius 3 is 2.50 bits per heavy atom. The molecule has 0 saturated heterocycles. The molecule has 98 valence electrons. The van der Waals surface area contributed by atoms with E-state index in [2.05, 4.69) is 11.8 Å². The molecule has 0 bridgehead atoms. The Hall–Kier alpha value is -1.63. The van der Waals surface area contributed by atoms with E-state index >= 15 is 0 Å². The molecule has 0 N–H and O–H groups in total. The van der Waals surface area contributed by atoms with Gasteiger partial charge in [-0.1, -0.05) is 13.0 Å². The van der Waals surface area contributed by atoms with E-state index in [1.54, 1.807) is 6.92 Å². The summed E-state index contributed by atoms with van der Waals surface area (Å²) in [7, 11) is 1.37. The van der Waals surface area contributed by atoms with Gasteiger partial charge in [-0.15, -0.1) is 11.8 Å². The maximum Gasteiger partial charge on any atom is 0.416 e. The lowest BCUT2D eigenvalue weighted by Crippen LogP contribution is -2.07. The molecule has 1 aromatic rings. The van der Waals surface area contributed by atoms with Crippen molar-refractivity contribution in [3.05, 3.63) is 29.3 Å². The Kier molecular flexibility index (Phi) is 4.66. The first-order valence-corrected chi connectivity index (χ1v) is 5.55. The molecule has 0 spiro atoms. The van der Waals surface area contributed by atoms with Gasteiger partial charge >= 0.3 is 6.18 Å². The average Bonchev–Trinajstić information content (AvgIpc) is 2.28. The number of benzene rings is 1. The van der Waals surface area contributed by atoms with Crippen LogP contribution in [0.2, 0.25) is 0 Å². The molecule has 1 aromatic carbocycles. The number of methoxy groups -OCH3 is 1. The highest BCUT2D eigenvalue weighted by atomic mass is 19.4. The fourth-order valence-corrected chi connectivity index (χ4v) is 1.72. The molecule has 0 aliphatic rings. The molecule has 1 unspecified atom stereocenters. The van der Waals surface area contributed by atoms with Crippen molar-refractivity contribution in [2.45, 2.75) is 26.4 Å². The number of halogens is 3. The summed E-state index contributed by atoms with van der Waals surface area (Å²) in [5.41, 5.74) is 0.0399. The molecule has 18 heavy (non-hydrogen) atoms. The number of ether oxygens (including phenoxy) is 1. The number of hydrogen-bond acceptors (Lipinski definition) is 1. The van der Waals surface area contributed by atoms with Crippen LogP contribution in [0.1, 0.15) is 25.0 Å². The van der Waals surface area contributed by atoms with Crippen LogP contribution in [0.5, 0.6) is 5.75 Å². The summed E-state index contributed by atoms with van der Waals surface area (Å²) in [5, 5.41) is 0. The molecule has 0 amide bonds. The van der Waals surface area contributed by atoms with Crippen LogP contribution in [0.25, 0.3) is 0 Å². The molecule has 4 heteroatoms. The molecule has 1 rings (SSSR count). The standard InChI is InChI=1S/C14H15F3O/c1-4-5-10(2)8-11-6-7-12(14(15,16)17)9-13(11)18-3/h6-7,9-10H,8H2,1-3H3. The zero-order valence-electron chi connectivity index (χ0n) is 10.6. The molecule has 1 nitrogen and oxygen atoms in total. The Morgan fingerprint density at radius 2 is 2.00 bits per heavy atom. The molecule has 0 aromatic heterocycles. The highest BCUT2D eigenvalue weighted by molar-refractivity contribution is 5.39. The van der Waals surface area contributed by atoms with Crippen LogP contribution in [0, 0.1) is 17.8 Å². The fourth-order valence-electron chi connectivity index (χ4n) is 1.72. The fraction of sp³-hybridized carbons (Fsp3) is 0.429. The van der Waals surface area contributed by atoms with E-state index < -0.39 is 11.7 Å². The van der Waals surface area contributed by atoms with Crippen LogP contribution in [0.4, 0.5) is 13.2 Å². The largest absolute Gasteiger partial charge is 0.496 e. The van der Waals surface area contributed by atoms with Crippen molar-refractivity contribution in [1.82, 2.24) is 0 Å². The zero-order chi connectivity index (χ0) is 13.8. The average molecular weight is 256 g/mol. The predicted molar refractivity (Wildman–Crippen MR) is 64.3 cm³/mol. The molecule has 0 aliphatic heterocycles. The van der Waals surface area contributed by atoms with Gasteiger partial charge in [0.05, 0.1) is 12.7 Å². The minimum Gasteiger partial charge on any atom is -0.496 e. The highest BCUT2D eigenvalue weighted by Crippen LogP contribution is 2.33. The van der Waals surface area contributed by atoms with Gasteiger partial charge in [0.2, 0.25) is 0 Å². The summed E-state index contributed by atoms with van der Waals surface area (Å²) in [6, 6.07) is 3.56. The van der Waals surface area contributed by atoms with Gasteiger partial charge in [-0.05, 0) is 31.0 Å². The third-order valence-corrected chi connectivity index (χ3v) is 2.53. The van der Waals surface area contributed by atoms with Crippen molar-refractivity contribution in [3.8, 4) is 17.6 Å². The third-order valence-electron chi connectivity index (χ3n) is 2.53. The van der Waals surface area contributed by atoms with Crippen molar-refractivity contribution in [1.29, 1.82) is 0 Å². The predicted octanol–water partition coefficient (Wildman–Crippen LogP) is 3.92. The molecule has 1 atom stereocenters. The second kappa shape index (κ2) is 5.81. The van der Waals surface area contributed by atoms with E-state index in [0.29, 0.717) is 6.42 Å². The van der Waals surface area contributed by atoms with E-state index in [9.17, 15) is 13.2 Å². The monoisotopic (exact) mass is 256 g/mol. The molecule has 0 saturated carbocycles. The smallest absolute Gasteiger partial charge is 0.416 e. The van der Waals surface area contributed by atoms with Crippen LogP contribution in [-0.2, 0) is 12.6 Å². The summed E-state index contributed by atoms with van der Waals surface area (Å²) in [6.45, 7) is 3.66. The van der Waals surface area contributed by atoms with Crippen LogP contribution in [-0.4, -0.2) is 7.11 Å². The molecular formula is C14H15F3O. The van der Waals surface area contributed by atoms with Crippen molar-refractivity contribution in [2.24, 2.45) is 5.92 Å². The molecule has 0 aliphatic carbocycles. The summed E-state index contributed by atoms with van der Waals surface area (Å²) >= 11 is 0. The second-order valence-electron chi connectivity index (χ2n) is 4.02. The van der Waals surface area contributed by atoms with Gasteiger partial charge in [0, 0.05) is 5.92 Å². The molecule has 0 radical (unpaired) electrons. The van der Waals surface area contributed by atoms with E-state index in [4.69, 9.17) is 4.74 Å². The van der Waals surface area contributed by atoms with Gasteiger partial charge in [0.15, 0.2) is 0 Å². The lowest BCUT2D eigenvalue weighted by atomic mass is 9.99. The van der Waals surface area contributed by atoms with Crippen molar-refractivity contribution in [2.75, 3.05) is 7.11 Å². The Labute approximate surface area is 105 Å². The summed E-state index contributed by atoms with van der Waals surface area (Å²) in [4.78, 5) is 0. The first kappa shape index (κ1) is 14.4. The quantitative estimate of drug-likeness (QED) is 0.745. The van der Waals surface area contributed by atoms with Crippen LogP contribution in [0.3, 0.4) is 0 Å². The lowest BCUT2D eigenvalue weighted by Gasteiger charge is -2.13. The molecule has 0 fully saturated rings. The summed E-state index contributed by atoms with van der Waals surface area (Å²) in [6.07, 6.45) is -3.77. The minimum atomic E-state index is -4.35. The maximum absolute atomic E-state index is 12.5. The van der Waals surface area contributed by atoms with Crippen LogP contribution >= 0.6 is 0 Å². The van der Waals surface area contributed by atoms with E-state index in [1.165, 1.54) is 13.2 Å². The normalized spacial score (nSPS) is 12.6. The Morgan fingerprint density at radius 1 is 1.33 bits per heavy atom. The second-order valence-corrected chi connectivity index (χ2v) is 4.02. The van der Waals surface area contributed by atoms with Crippen molar-refractivity contribution < 1.29 is 17.9 Å². The Bertz CT molecular complexity index is 466. The SMILES string of the molecule is CC#CC(C)Cc1ccc(C(F)(F)F)cc1OC. The van der Waals surface area contributed by atoms with Crippen LogP contribution < -0.4 is 4.74 Å². The number of hydrogen-bond donors (Lipinski definition) is 0.